The van der Waals surface area contributed by atoms with Crippen molar-refractivity contribution >= 4 is 23.7 Å². The third kappa shape index (κ3) is 9.71. The average molecular weight is 255 g/mol. The molecule has 0 amide bonds. The van der Waals surface area contributed by atoms with E-state index in [4.69, 9.17) is 26.2 Å². The lowest BCUT2D eigenvalue weighted by molar-refractivity contribution is -0.158. The molecule has 0 radical (unpaired) electrons. The molecule has 6 N–H and O–H groups in total. The molecule has 2 atom stereocenters. The molecule has 0 aliphatic rings. The second-order valence-electron chi connectivity index (χ2n) is 2.99. The molecule has 0 aliphatic heterocycles. The quantitative estimate of drug-likeness (QED) is 0.391. The lowest BCUT2D eigenvalue weighted by Gasteiger charge is -2.15. The number of thioether (sulfide) groups is 1. The van der Waals surface area contributed by atoms with Gasteiger partial charge in [0.15, 0.2) is 0 Å². The highest BCUT2D eigenvalue weighted by atomic mass is 32.2. The number of rotatable bonds is 5. The van der Waals surface area contributed by atoms with Gasteiger partial charge in [-0.15, -0.1) is 0 Å². The predicted octanol–water partition coefficient (Wildman–Crippen LogP) is -1.08. The third-order valence-corrected chi connectivity index (χ3v) is 2.03. The van der Waals surface area contributed by atoms with Gasteiger partial charge in [0.2, 0.25) is 5.72 Å². The first kappa shape index (κ1) is 17.6. The minimum Gasteiger partial charge on any atom is -0.479 e. The number of carbonyl (C=O) groups is 2. The van der Waals surface area contributed by atoms with Crippen molar-refractivity contribution in [3.05, 3.63) is 0 Å². The highest BCUT2D eigenvalue weighted by Crippen LogP contribution is 2.06. The van der Waals surface area contributed by atoms with Gasteiger partial charge in [0.05, 0.1) is 0 Å². The lowest BCUT2D eigenvalue weighted by Crippen LogP contribution is -2.48. The van der Waals surface area contributed by atoms with Gasteiger partial charge < -0.3 is 20.4 Å². The standard InChI is InChI=1S/C5H11NO3S.C3H6O3/c1-10-3-2-5(6,9)4(7)8;1-2(4)3(5)6/h9H,2-3,6H2,1H3,(H,7,8);2,4H,1H3,(H,5,6). The Kier molecular flexibility index (Phi) is 9.15. The highest BCUT2D eigenvalue weighted by Gasteiger charge is 2.29. The summed E-state index contributed by atoms with van der Waals surface area (Å²) in [5.41, 5.74) is 2.94. The molecular weight excluding hydrogens is 238 g/mol. The minimum absolute atomic E-state index is 0.0729. The van der Waals surface area contributed by atoms with Crippen LogP contribution in [0.5, 0.6) is 0 Å². The Morgan fingerprint density at radius 3 is 2.00 bits per heavy atom. The van der Waals surface area contributed by atoms with Crippen LogP contribution in [0.1, 0.15) is 13.3 Å². The lowest BCUT2D eigenvalue weighted by atomic mass is 10.2. The molecule has 7 nitrogen and oxygen atoms in total. The molecular formula is C8H17NO6S. The molecule has 0 bridgehead atoms. The van der Waals surface area contributed by atoms with Gasteiger partial charge in [-0.1, -0.05) is 0 Å². The Morgan fingerprint density at radius 1 is 1.44 bits per heavy atom. The van der Waals surface area contributed by atoms with E-state index in [1.54, 1.807) is 0 Å². The molecule has 0 aromatic carbocycles. The Bertz CT molecular complexity index is 231. The van der Waals surface area contributed by atoms with Crippen LogP contribution in [-0.4, -0.2) is 56.2 Å². The molecule has 2 unspecified atom stereocenters. The summed E-state index contributed by atoms with van der Waals surface area (Å²) in [5, 5.41) is 32.9. The number of carboxylic acid groups (broad SMARTS) is 2. The Balaban J connectivity index is 0. The van der Waals surface area contributed by atoms with Crippen molar-refractivity contribution < 1.29 is 30.0 Å². The van der Waals surface area contributed by atoms with Gasteiger partial charge in [-0.05, 0) is 18.9 Å². The van der Waals surface area contributed by atoms with Crippen LogP contribution in [0.4, 0.5) is 0 Å². The molecule has 96 valence electrons. The summed E-state index contributed by atoms with van der Waals surface area (Å²) < 4.78 is 0. The molecule has 8 heteroatoms. The first-order chi connectivity index (χ1) is 7.15. The fourth-order valence-corrected chi connectivity index (χ4v) is 0.880. The van der Waals surface area contributed by atoms with E-state index < -0.39 is 23.8 Å². The summed E-state index contributed by atoms with van der Waals surface area (Å²) in [6.45, 7) is 1.20. The van der Waals surface area contributed by atoms with Gasteiger partial charge in [0, 0.05) is 6.42 Å². The minimum atomic E-state index is -2.05. The average Bonchev–Trinajstić information content (AvgIpc) is 2.15. The van der Waals surface area contributed by atoms with Crippen molar-refractivity contribution in [1.82, 2.24) is 0 Å². The monoisotopic (exact) mass is 255 g/mol. The predicted molar refractivity (Wildman–Crippen MR) is 59.1 cm³/mol. The van der Waals surface area contributed by atoms with E-state index in [1.165, 1.54) is 18.7 Å². The van der Waals surface area contributed by atoms with E-state index in [0.29, 0.717) is 5.75 Å². The number of aliphatic hydroxyl groups excluding tert-OH is 1. The van der Waals surface area contributed by atoms with Gasteiger partial charge in [0.1, 0.15) is 6.10 Å². The Hall–Kier alpha value is -0.830. The fourth-order valence-electron chi connectivity index (χ4n) is 0.365. The zero-order valence-corrected chi connectivity index (χ0v) is 9.90. The fraction of sp³-hybridized carbons (Fsp3) is 0.750. The zero-order valence-electron chi connectivity index (χ0n) is 9.08. The summed E-state index contributed by atoms with van der Waals surface area (Å²) in [4.78, 5) is 19.6. The summed E-state index contributed by atoms with van der Waals surface area (Å²) in [7, 11) is 0. The van der Waals surface area contributed by atoms with Crippen LogP contribution in [0, 0.1) is 0 Å². The van der Waals surface area contributed by atoms with Crippen LogP contribution in [-0.2, 0) is 9.59 Å². The third-order valence-electron chi connectivity index (χ3n) is 1.42. The maximum absolute atomic E-state index is 10.1. The normalized spacial score (nSPS) is 15.3. The number of hydrogen-bond acceptors (Lipinski definition) is 6. The maximum Gasteiger partial charge on any atom is 0.351 e. The van der Waals surface area contributed by atoms with Crippen molar-refractivity contribution in [3.63, 3.8) is 0 Å². The van der Waals surface area contributed by atoms with E-state index in [9.17, 15) is 9.59 Å². The van der Waals surface area contributed by atoms with E-state index in [1.807, 2.05) is 6.26 Å². The summed E-state index contributed by atoms with van der Waals surface area (Å²) in [6.07, 6.45) is 0.659. The molecule has 0 saturated heterocycles. The molecule has 0 rings (SSSR count). The van der Waals surface area contributed by atoms with Gasteiger partial charge in [-0.3, -0.25) is 5.73 Å². The maximum atomic E-state index is 10.1. The van der Waals surface area contributed by atoms with Crippen LogP contribution in [0.25, 0.3) is 0 Å². The molecule has 0 fully saturated rings. The van der Waals surface area contributed by atoms with Gasteiger partial charge in [-0.25, -0.2) is 9.59 Å². The molecule has 0 aromatic rings. The first-order valence-corrected chi connectivity index (χ1v) is 5.69. The van der Waals surface area contributed by atoms with E-state index in [2.05, 4.69) is 0 Å². The van der Waals surface area contributed by atoms with E-state index in [-0.39, 0.29) is 6.42 Å². The molecule has 0 aliphatic carbocycles. The largest absolute Gasteiger partial charge is 0.479 e. The SMILES string of the molecule is CC(O)C(=O)O.CSCCC(N)(O)C(=O)O. The molecule has 0 heterocycles. The number of nitrogens with two attached hydrogens (primary N) is 1. The molecule has 0 aromatic heterocycles. The van der Waals surface area contributed by atoms with E-state index >= 15 is 0 Å². The van der Waals surface area contributed by atoms with E-state index in [0.717, 1.165) is 0 Å². The van der Waals surface area contributed by atoms with Crippen molar-refractivity contribution in [3.8, 4) is 0 Å². The Morgan fingerprint density at radius 2 is 1.81 bits per heavy atom. The van der Waals surface area contributed by atoms with Crippen molar-refractivity contribution in [2.45, 2.75) is 25.2 Å². The summed E-state index contributed by atoms with van der Waals surface area (Å²) in [6, 6.07) is 0. The second-order valence-corrected chi connectivity index (χ2v) is 3.97. The smallest absolute Gasteiger partial charge is 0.351 e. The van der Waals surface area contributed by atoms with Gasteiger partial charge >= 0.3 is 11.9 Å². The van der Waals surface area contributed by atoms with Gasteiger partial charge in [-0.2, -0.15) is 11.8 Å². The van der Waals surface area contributed by atoms with Crippen molar-refractivity contribution in [1.29, 1.82) is 0 Å². The van der Waals surface area contributed by atoms with Gasteiger partial charge in [0.25, 0.3) is 0 Å². The highest BCUT2D eigenvalue weighted by molar-refractivity contribution is 7.98. The van der Waals surface area contributed by atoms with Crippen LogP contribution >= 0.6 is 11.8 Å². The number of hydrogen-bond donors (Lipinski definition) is 5. The van der Waals surface area contributed by atoms with Crippen LogP contribution < -0.4 is 5.73 Å². The van der Waals surface area contributed by atoms with Crippen molar-refractivity contribution in [2.75, 3.05) is 12.0 Å². The Labute approximate surface area is 97.3 Å². The van der Waals surface area contributed by atoms with Crippen LogP contribution in [0.3, 0.4) is 0 Å². The summed E-state index contributed by atoms with van der Waals surface area (Å²) in [5.74, 6) is -2.02. The number of aliphatic carboxylic acids is 2. The zero-order chi connectivity index (χ0) is 13.4. The molecule has 16 heavy (non-hydrogen) atoms. The number of aliphatic hydroxyl groups is 2. The molecule has 0 spiro atoms. The molecule has 0 saturated carbocycles. The second kappa shape index (κ2) is 8.34. The van der Waals surface area contributed by atoms with Crippen molar-refractivity contribution in [2.24, 2.45) is 5.73 Å². The van der Waals surface area contributed by atoms with Crippen LogP contribution in [0.2, 0.25) is 0 Å². The van der Waals surface area contributed by atoms with Crippen LogP contribution in [0.15, 0.2) is 0 Å². The summed E-state index contributed by atoms with van der Waals surface area (Å²) >= 11 is 1.44. The topological polar surface area (TPSA) is 141 Å². The number of carboxylic acids is 2. The first-order valence-electron chi connectivity index (χ1n) is 4.29.